The van der Waals surface area contributed by atoms with Crippen LogP contribution in [0.1, 0.15) is 139 Å². The summed E-state index contributed by atoms with van der Waals surface area (Å²) in [5.74, 6) is -0.555. The smallest absolute Gasteiger partial charge is 0.311 e. The van der Waals surface area contributed by atoms with Gasteiger partial charge in [-0.05, 0) is 80.1 Å². The van der Waals surface area contributed by atoms with Crippen LogP contribution >= 0.6 is 0 Å². The summed E-state index contributed by atoms with van der Waals surface area (Å²) in [6.07, 6.45) is 13.9. The normalized spacial score (nSPS) is 12.3. The summed E-state index contributed by atoms with van der Waals surface area (Å²) in [6, 6.07) is 0. The molecule has 0 aliphatic heterocycles. The van der Waals surface area contributed by atoms with E-state index in [0.29, 0.717) is 19.4 Å². The third-order valence-corrected chi connectivity index (χ3v) is 8.07. The molecule has 0 amide bonds. The van der Waals surface area contributed by atoms with Crippen LogP contribution in [0.3, 0.4) is 0 Å². The molecule has 0 heterocycles. The summed E-state index contributed by atoms with van der Waals surface area (Å²) in [4.78, 5) is 35.1. The molecule has 0 aliphatic rings. The second-order valence-electron chi connectivity index (χ2n) is 14.3. The first kappa shape index (κ1) is 41.5. The van der Waals surface area contributed by atoms with Crippen molar-refractivity contribution in [2.45, 2.75) is 139 Å². The molecule has 0 rings (SSSR count). The fourth-order valence-corrected chi connectivity index (χ4v) is 3.38. The van der Waals surface area contributed by atoms with E-state index in [1.54, 1.807) is 0 Å². The van der Waals surface area contributed by atoms with Crippen LogP contribution in [-0.4, -0.2) is 69.9 Å². The van der Waals surface area contributed by atoms with E-state index in [4.69, 9.17) is 14.2 Å². The van der Waals surface area contributed by atoms with Crippen LogP contribution in [0.4, 0.5) is 0 Å². The topological polar surface area (TPSA) is 78.9 Å². The Morgan fingerprint density at radius 2 is 0.732 bits per heavy atom. The third-order valence-electron chi connectivity index (χ3n) is 8.07. The van der Waals surface area contributed by atoms with Crippen molar-refractivity contribution < 1.29 is 33.1 Å². The van der Waals surface area contributed by atoms with Crippen LogP contribution < -0.4 is 0 Å². The highest BCUT2D eigenvalue weighted by Gasteiger charge is 2.29. The van der Waals surface area contributed by atoms with Gasteiger partial charge in [0.2, 0.25) is 0 Å². The molecule has 0 atom stereocenters. The van der Waals surface area contributed by atoms with Crippen molar-refractivity contribution in [1.29, 1.82) is 0 Å². The van der Waals surface area contributed by atoms with E-state index in [9.17, 15) is 14.4 Å². The maximum atomic E-state index is 11.8. The molecule has 0 radical (unpaired) electrons. The van der Waals surface area contributed by atoms with E-state index in [-0.39, 0.29) is 36.5 Å². The van der Waals surface area contributed by atoms with Crippen LogP contribution in [-0.2, 0) is 28.6 Å². The van der Waals surface area contributed by atoms with Gasteiger partial charge in [0, 0.05) is 0 Å². The van der Waals surface area contributed by atoms with Gasteiger partial charge in [-0.1, -0.05) is 59.3 Å². The van der Waals surface area contributed by atoms with Crippen LogP contribution in [0, 0.1) is 16.2 Å². The lowest BCUT2D eigenvalue weighted by molar-refractivity contribution is -0.870. The Labute approximate surface area is 254 Å². The molecule has 41 heavy (non-hydrogen) atoms. The van der Waals surface area contributed by atoms with Gasteiger partial charge >= 0.3 is 17.9 Å². The largest absolute Gasteiger partial charge is 0.465 e. The van der Waals surface area contributed by atoms with E-state index >= 15 is 0 Å². The van der Waals surface area contributed by atoms with E-state index in [0.717, 1.165) is 17.3 Å². The number of unbranched alkanes of at least 4 members (excludes halogenated alkanes) is 8. The number of carbonyl (C=O) groups is 3. The monoisotopic (exact) mass is 587 g/mol. The maximum absolute atomic E-state index is 11.8. The second kappa shape index (κ2) is 21.1. The lowest BCUT2D eigenvalue weighted by Crippen LogP contribution is -2.35. The fraction of sp³-hybridized carbons (Fsp3) is 0.912. The molecule has 0 N–H and O–H groups in total. The maximum Gasteiger partial charge on any atom is 0.311 e. The molecule has 0 aromatic rings. The van der Waals surface area contributed by atoms with Crippen LogP contribution in [0.2, 0.25) is 0 Å². The fourth-order valence-electron chi connectivity index (χ4n) is 3.38. The van der Waals surface area contributed by atoms with Gasteiger partial charge in [-0.3, -0.25) is 14.4 Å². The lowest BCUT2D eigenvalue weighted by Gasteiger charge is -2.23. The Morgan fingerprint density at radius 1 is 0.463 bits per heavy atom. The second-order valence-corrected chi connectivity index (χ2v) is 14.3. The van der Waals surface area contributed by atoms with Gasteiger partial charge < -0.3 is 18.7 Å². The van der Waals surface area contributed by atoms with Crippen molar-refractivity contribution in [3.05, 3.63) is 0 Å². The van der Waals surface area contributed by atoms with Gasteiger partial charge in [0.05, 0.1) is 50.5 Å². The summed E-state index contributed by atoms with van der Waals surface area (Å²) in [5, 5.41) is 0. The van der Waals surface area contributed by atoms with E-state index in [1.165, 1.54) is 57.9 Å². The van der Waals surface area contributed by atoms with Gasteiger partial charge in [0.25, 0.3) is 0 Å². The average Bonchev–Trinajstić information content (AvgIpc) is 2.90. The number of hydrogen-bond donors (Lipinski definition) is 0. The summed E-state index contributed by atoms with van der Waals surface area (Å²) in [6.45, 7) is 19.3. The summed E-state index contributed by atoms with van der Waals surface area (Å²) >= 11 is 0. The standard InChI is InChI=1S/C20H42NO2.C14H26O4/c1-7-20(2,3)19(22)23-18-16-14-12-10-8-9-11-13-15-17-21(4,5)6;1-7-13(3,4)11(15)17-9-10-18-12(16)14(5,6)8-2/h7-18H2,1-6H3;7-10H2,1-6H3/q+1;. The molecule has 0 fully saturated rings. The SMILES string of the molecule is CCC(C)(C)C(=O)OCCCCCCCCCCC[N+](C)(C)C.CCC(C)(C)C(=O)OCCOC(=O)C(C)(C)CC. The highest BCUT2D eigenvalue weighted by atomic mass is 16.6. The zero-order valence-corrected chi connectivity index (χ0v) is 29.2. The summed E-state index contributed by atoms with van der Waals surface area (Å²) < 4.78 is 16.6. The van der Waals surface area contributed by atoms with Gasteiger partial charge in [-0.2, -0.15) is 0 Å². The Hall–Kier alpha value is -1.63. The quantitative estimate of drug-likeness (QED) is 0.0585. The minimum atomic E-state index is -0.479. The Balaban J connectivity index is 0. The van der Waals surface area contributed by atoms with E-state index < -0.39 is 10.8 Å². The number of quaternary nitrogens is 1. The molecule has 7 nitrogen and oxygen atoms in total. The first-order valence-electron chi connectivity index (χ1n) is 16.2. The number of ether oxygens (including phenoxy) is 3. The lowest BCUT2D eigenvalue weighted by atomic mass is 9.90. The van der Waals surface area contributed by atoms with Gasteiger partial charge in [-0.25, -0.2) is 0 Å². The average molecular weight is 587 g/mol. The predicted molar refractivity (Wildman–Crippen MR) is 170 cm³/mol. The molecule has 0 bridgehead atoms. The van der Waals surface area contributed by atoms with Crippen molar-refractivity contribution in [2.75, 3.05) is 47.5 Å². The molecule has 0 unspecified atom stereocenters. The van der Waals surface area contributed by atoms with Gasteiger partial charge in [0.1, 0.15) is 13.2 Å². The number of rotatable bonds is 21. The van der Waals surface area contributed by atoms with Crippen molar-refractivity contribution in [1.82, 2.24) is 0 Å². The van der Waals surface area contributed by atoms with Crippen molar-refractivity contribution >= 4 is 17.9 Å². The predicted octanol–water partition coefficient (Wildman–Crippen LogP) is 8.13. The van der Waals surface area contributed by atoms with E-state index in [2.05, 4.69) is 21.1 Å². The van der Waals surface area contributed by atoms with Crippen molar-refractivity contribution in [2.24, 2.45) is 16.2 Å². The zero-order valence-electron chi connectivity index (χ0n) is 29.2. The molecule has 0 saturated carbocycles. The molecule has 0 aromatic heterocycles. The van der Waals surface area contributed by atoms with Crippen molar-refractivity contribution in [3.63, 3.8) is 0 Å². The molecule has 0 aromatic carbocycles. The van der Waals surface area contributed by atoms with E-state index in [1.807, 2.05) is 62.3 Å². The Morgan fingerprint density at radius 3 is 1.02 bits per heavy atom. The Bertz CT molecular complexity index is 691. The van der Waals surface area contributed by atoms with Gasteiger partial charge in [-0.15, -0.1) is 0 Å². The molecule has 7 heteroatoms. The molecular formula is C34H68NO6+. The number of nitrogens with zero attached hydrogens (tertiary/aromatic N) is 1. The van der Waals surface area contributed by atoms with Crippen LogP contribution in [0.15, 0.2) is 0 Å². The highest BCUT2D eigenvalue weighted by Crippen LogP contribution is 2.23. The minimum Gasteiger partial charge on any atom is -0.465 e. The number of hydrogen-bond acceptors (Lipinski definition) is 6. The number of carbonyl (C=O) groups excluding carboxylic acids is 3. The van der Waals surface area contributed by atoms with Gasteiger partial charge in [0.15, 0.2) is 0 Å². The highest BCUT2D eigenvalue weighted by molar-refractivity contribution is 5.76. The van der Waals surface area contributed by atoms with Crippen LogP contribution in [0.5, 0.6) is 0 Å². The molecule has 244 valence electrons. The van der Waals surface area contributed by atoms with Crippen LogP contribution in [0.25, 0.3) is 0 Å². The molecule has 0 spiro atoms. The van der Waals surface area contributed by atoms with Crippen molar-refractivity contribution in [3.8, 4) is 0 Å². The summed E-state index contributed by atoms with van der Waals surface area (Å²) in [5.41, 5.74) is -1.29. The third kappa shape index (κ3) is 21.7. The summed E-state index contributed by atoms with van der Waals surface area (Å²) in [7, 11) is 6.79. The first-order valence-corrected chi connectivity index (χ1v) is 16.2. The minimum absolute atomic E-state index is 0.0473. The molecule has 0 aliphatic carbocycles. The zero-order chi connectivity index (χ0) is 32.2. The first-order chi connectivity index (χ1) is 18.9. The molecular weight excluding hydrogens is 518 g/mol. The Kier molecular flexibility index (Phi) is 21.4. The number of esters is 3. The molecule has 0 saturated heterocycles.